The summed E-state index contributed by atoms with van der Waals surface area (Å²) in [6.07, 6.45) is 3.81. The van der Waals surface area contributed by atoms with E-state index in [4.69, 9.17) is 26.3 Å². The molecule has 1 aliphatic rings. The molecule has 1 aliphatic heterocycles. The minimum atomic E-state index is 0.692. The molecule has 3 aromatic carbocycles. The summed E-state index contributed by atoms with van der Waals surface area (Å²) >= 11 is 6.34. The van der Waals surface area contributed by atoms with Crippen LogP contribution in [0.15, 0.2) is 91.4 Å². The molecule has 0 aliphatic carbocycles. The Morgan fingerprint density at radius 1 is 0.806 bits per heavy atom. The third-order valence-electron chi connectivity index (χ3n) is 6.74. The maximum absolute atomic E-state index is 6.34. The zero-order chi connectivity index (χ0) is 24.5. The predicted molar refractivity (Wildman–Crippen MR) is 147 cm³/mol. The Morgan fingerprint density at radius 2 is 1.56 bits per heavy atom. The molecule has 3 heterocycles. The van der Waals surface area contributed by atoms with Gasteiger partial charge >= 0.3 is 0 Å². The van der Waals surface area contributed by atoms with Gasteiger partial charge in [0.2, 0.25) is 0 Å². The molecule has 0 unspecified atom stereocenters. The molecule has 1 saturated heterocycles. The maximum Gasteiger partial charge on any atom is 0.150 e. The minimum Gasteiger partial charge on any atom is -0.495 e. The van der Waals surface area contributed by atoms with E-state index < -0.39 is 0 Å². The van der Waals surface area contributed by atoms with Gasteiger partial charge in [-0.1, -0.05) is 60.1 Å². The van der Waals surface area contributed by atoms with Gasteiger partial charge in [0.15, 0.2) is 5.65 Å². The summed E-state index contributed by atoms with van der Waals surface area (Å²) in [6, 6.07) is 26.5. The average Bonchev–Trinajstić information content (AvgIpc) is 3.34. The topological polar surface area (TPSA) is 46.4 Å². The number of nitrogens with zero attached hydrogens (tertiary/aromatic N) is 5. The van der Waals surface area contributed by atoms with E-state index in [9.17, 15) is 0 Å². The molecule has 0 spiro atoms. The highest BCUT2D eigenvalue weighted by Gasteiger charge is 2.25. The lowest BCUT2D eigenvalue weighted by Crippen LogP contribution is -2.47. The molecule has 180 valence electrons. The molecule has 5 aromatic rings. The molecule has 1 fully saturated rings. The highest BCUT2D eigenvalue weighted by atomic mass is 35.5. The number of hydrogen-bond donors (Lipinski definition) is 0. The monoisotopic (exact) mass is 495 g/mol. The summed E-state index contributed by atoms with van der Waals surface area (Å²) in [5.41, 5.74) is 5.21. The number of halogens is 1. The van der Waals surface area contributed by atoms with E-state index in [-0.39, 0.29) is 0 Å². The third-order valence-corrected chi connectivity index (χ3v) is 6.97. The van der Waals surface area contributed by atoms with Gasteiger partial charge in [-0.3, -0.25) is 0 Å². The quantitative estimate of drug-likeness (QED) is 0.296. The predicted octanol–water partition coefficient (Wildman–Crippen LogP) is 6.08. The van der Waals surface area contributed by atoms with Crippen LogP contribution in [-0.4, -0.2) is 47.8 Å². The Hall–Kier alpha value is -4.03. The number of aromatic nitrogens is 3. The summed E-state index contributed by atoms with van der Waals surface area (Å²) in [7, 11) is 1.72. The third kappa shape index (κ3) is 4.03. The maximum atomic E-state index is 6.34. The first-order valence-corrected chi connectivity index (χ1v) is 12.4. The molecule has 36 heavy (non-hydrogen) atoms. The Labute approximate surface area is 215 Å². The van der Waals surface area contributed by atoms with Crippen molar-refractivity contribution >= 4 is 34.1 Å². The van der Waals surface area contributed by atoms with E-state index >= 15 is 0 Å². The molecule has 0 radical (unpaired) electrons. The number of fused-ring (bicyclic) bond motifs is 1. The van der Waals surface area contributed by atoms with Gasteiger partial charge < -0.3 is 19.1 Å². The van der Waals surface area contributed by atoms with Gasteiger partial charge in [0, 0.05) is 48.6 Å². The van der Waals surface area contributed by atoms with Crippen LogP contribution in [0.3, 0.4) is 0 Å². The molecule has 7 heteroatoms. The second kappa shape index (κ2) is 9.55. The molecule has 0 saturated carbocycles. The Kier molecular flexibility index (Phi) is 5.95. The largest absolute Gasteiger partial charge is 0.495 e. The van der Waals surface area contributed by atoms with E-state index in [1.165, 1.54) is 0 Å². The summed E-state index contributed by atoms with van der Waals surface area (Å²) < 4.78 is 7.71. The highest BCUT2D eigenvalue weighted by Crippen LogP contribution is 2.38. The van der Waals surface area contributed by atoms with Crippen LogP contribution in [-0.2, 0) is 0 Å². The Bertz CT molecular complexity index is 1510. The van der Waals surface area contributed by atoms with Crippen LogP contribution in [0.1, 0.15) is 0 Å². The van der Waals surface area contributed by atoms with Crippen LogP contribution >= 0.6 is 11.6 Å². The number of benzene rings is 3. The van der Waals surface area contributed by atoms with Crippen LogP contribution in [0.2, 0.25) is 5.02 Å². The first-order chi connectivity index (χ1) is 17.7. The SMILES string of the molecule is COc1ccccc1N1CCN(c2ncnc3c2c(-c2ccccc2)cn3-c2cccc(Cl)c2)CC1. The number of piperazine rings is 1. The minimum absolute atomic E-state index is 0.692. The smallest absolute Gasteiger partial charge is 0.150 e. The molecular formula is C29H26ClN5O. The van der Waals surface area contributed by atoms with Crippen molar-refractivity contribution < 1.29 is 4.74 Å². The summed E-state index contributed by atoms with van der Waals surface area (Å²) in [5, 5.41) is 1.74. The zero-order valence-electron chi connectivity index (χ0n) is 20.0. The van der Waals surface area contributed by atoms with Gasteiger partial charge in [-0.15, -0.1) is 0 Å². The first-order valence-electron chi connectivity index (χ1n) is 12.0. The molecule has 2 aromatic heterocycles. The molecule has 0 bridgehead atoms. The number of rotatable bonds is 5. The number of anilines is 2. The molecule has 6 rings (SSSR count). The van der Waals surface area contributed by atoms with Crippen LogP contribution in [0, 0.1) is 0 Å². The fourth-order valence-corrected chi connectivity index (χ4v) is 5.18. The van der Waals surface area contributed by atoms with Crippen molar-refractivity contribution in [3.05, 3.63) is 96.4 Å². The van der Waals surface area contributed by atoms with E-state index in [0.717, 1.165) is 71.3 Å². The van der Waals surface area contributed by atoms with Gasteiger partial charge in [0.1, 0.15) is 17.9 Å². The normalized spacial score (nSPS) is 13.8. The van der Waals surface area contributed by atoms with E-state index in [1.54, 1.807) is 13.4 Å². The van der Waals surface area contributed by atoms with Crippen LogP contribution < -0.4 is 14.5 Å². The Balaban J connectivity index is 1.42. The van der Waals surface area contributed by atoms with Gasteiger partial charge in [0.05, 0.1) is 18.2 Å². The van der Waals surface area contributed by atoms with Crippen molar-refractivity contribution in [1.29, 1.82) is 0 Å². The second-order valence-corrected chi connectivity index (χ2v) is 9.24. The number of ether oxygens (including phenoxy) is 1. The van der Waals surface area contributed by atoms with Crippen molar-refractivity contribution in [3.63, 3.8) is 0 Å². The van der Waals surface area contributed by atoms with Crippen molar-refractivity contribution in [2.24, 2.45) is 0 Å². The van der Waals surface area contributed by atoms with Gasteiger partial charge in [-0.2, -0.15) is 0 Å². The number of para-hydroxylation sites is 2. The zero-order valence-corrected chi connectivity index (χ0v) is 20.8. The van der Waals surface area contributed by atoms with Crippen LogP contribution in [0.25, 0.3) is 27.8 Å². The number of methoxy groups -OCH3 is 1. The van der Waals surface area contributed by atoms with Gasteiger partial charge in [-0.25, -0.2) is 9.97 Å². The molecule has 0 atom stereocenters. The standard InChI is InChI=1S/C29H26ClN5O/c1-36-26-13-6-5-12-25(26)33-14-16-34(17-15-33)28-27-24(21-8-3-2-4-9-21)19-35(29(27)32-20-31-28)23-11-7-10-22(30)18-23/h2-13,18-20H,14-17H2,1H3. The molecular weight excluding hydrogens is 470 g/mol. The van der Waals surface area contributed by atoms with E-state index in [1.807, 2.05) is 42.5 Å². The lowest BCUT2D eigenvalue weighted by atomic mass is 10.1. The summed E-state index contributed by atoms with van der Waals surface area (Å²) in [6.45, 7) is 3.45. The number of hydrogen-bond acceptors (Lipinski definition) is 5. The average molecular weight is 496 g/mol. The van der Waals surface area contributed by atoms with E-state index in [0.29, 0.717) is 5.02 Å². The Morgan fingerprint density at radius 3 is 2.33 bits per heavy atom. The fourth-order valence-electron chi connectivity index (χ4n) is 5.00. The molecule has 6 nitrogen and oxygen atoms in total. The lowest BCUT2D eigenvalue weighted by Gasteiger charge is -2.37. The van der Waals surface area contributed by atoms with Gasteiger partial charge in [0.25, 0.3) is 0 Å². The van der Waals surface area contributed by atoms with Crippen molar-refractivity contribution in [1.82, 2.24) is 14.5 Å². The second-order valence-electron chi connectivity index (χ2n) is 8.80. The van der Waals surface area contributed by atoms with Crippen molar-refractivity contribution in [2.45, 2.75) is 0 Å². The fraction of sp³-hybridized carbons (Fsp3) is 0.172. The summed E-state index contributed by atoms with van der Waals surface area (Å²) in [5.74, 6) is 1.86. The van der Waals surface area contributed by atoms with E-state index in [2.05, 4.69) is 57.0 Å². The van der Waals surface area contributed by atoms with Gasteiger partial charge in [-0.05, 0) is 35.9 Å². The van der Waals surface area contributed by atoms with Crippen molar-refractivity contribution in [2.75, 3.05) is 43.1 Å². The van der Waals surface area contributed by atoms with Crippen LogP contribution in [0.5, 0.6) is 5.75 Å². The highest BCUT2D eigenvalue weighted by molar-refractivity contribution is 6.30. The molecule has 0 amide bonds. The molecule has 0 N–H and O–H groups in total. The van der Waals surface area contributed by atoms with Crippen molar-refractivity contribution in [3.8, 4) is 22.6 Å². The summed E-state index contributed by atoms with van der Waals surface area (Å²) in [4.78, 5) is 14.3. The first kappa shape index (κ1) is 22.4. The lowest BCUT2D eigenvalue weighted by molar-refractivity contribution is 0.413. The van der Waals surface area contributed by atoms with Crippen LogP contribution in [0.4, 0.5) is 11.5 Å².